The lowest BCUT2D eigenvalue weighted by molar-refractivity contribution is -0.138. The normalized spacial score (nSPS) is 30.4. The Morgan fingerprint density at radius 2 is 1.82 bits per heavy atom. The number of rotatable bonds is 2. The van der Waals surface area contributed by atoms with Crippen LogP contribution in [0.5, 0.6) is 0 Å². The van der Waals surface area contributed by atoms with E-state index in [4.69, 9.17) is 0 Å². The second-order valence-electron chi connectivity index (χ2n) is 4.88. The summed E-state index contributed by atoms with van der Waals surface area (Å²) in [5, 5.41) is 2.21. The minimum Gasteiger partial charge on any atom is -0.277 e. The molecular formula is C12H18N2O3. The fraction of sp³-hybridized carbons (Fsp3) is 0.750. The van der Waals surface area contributed by atoms with E-state index in [2.05, 4.69) is 12.2 Å². The largest absolute Gasteiger partial charge is 0.331 e. The van der Waals surface area contributed by atoms with Crippen LogP contribution < -0.4 is 5.32 Å². The summed E-state index contributed by atoms with van der Waals surface area (Å²) >= 11 is 0. The SMILES string of the molecule is CCC1CCC(N2C(=O)CC(=O)NC2=O)CC1. The number of nitrogens with one attached hydrogen (secondary N) is 1. The Bertz CT molecular complexity index is 326. The molecular weight excluding hydrogens is 220 g/mol. The van der Waals surface area contributed by atoms with Crippen molar-refractivity contribution in [1.29, 1.82) is 0 Å². The molecule has 0 unspecified atom stereocenters. The lowest BCUT2D eigenvalue weighted by Gasteiger charge is -2.36. The lowest BCUT2D eigenvalue weighted by atomic mass is 9.84. The highest BCUT2D eigenvalue weighted by molar-refractivity contribution is 6.14. The number of nitrogens with zero attached hydrogens (tertiary/aromatic N) is 1. The predicted octanol–water partition coefficient (Wildman–Crippen LogP) is 1.42. The summed E-state index contributed by atoms with van der Waals surface area (Å²) in [5.74, 6) is -0.118. The van der Waals surface area contributed by atoms with Crippen molar-refractivity contribution < 1.29 is 14.4 Å². The predicted molar refractivity (Wildman–Crippen MR) is 61.0 cm³/mol. The van der Waals surface area contributed by atoms with Gasteiger partial charge in [-0.2, -0.15) is 0 Å². The van der Waals surface area contributed by atoms with Crippen LogP contribution >= 0.6 is 0 Å². The second-order valence-corrected chi connectivity index (χ2v) is 4.88. The van der Waals surface area contributed by atoms with E-state index in [1.54, 1.807) is 0 Å². The van der Waals surface area contributed by atoms with Gasteiger partial charge in [-0.25, -0.2) is 4.79 Å². The molecule has 0 atom stereocenters. The molecule has 17 heavy (non-hydrogen) atoms. The van der Waals surface area contributed by atoms with Crippen molar-refractivity contribution in [1.82, 2.24) is 10.2 Å². The van der Waals surface area contributed by atoms with Gasteiger partial charge in [0.25, 0.3) is 0 Å². The molecule has 1 aliphatic heterocycles. The maximum absolute atomic E-state index is 11.7. The van der Waals surface area contributed by atoms with Crippen molar-refractivity contribution in [3.8, 4) is 0 Å². The zero-order chi connectivity index (χ0) is 12.4. The average Bonchev–Trinajstić information content (AvgIpc) is 2.28. The van der Waals surface area contributed by atoms with E-state index in [0.29, 0.717) is 0 Å². The third kappa shape index (κ3) is 2.48. The van der Waals surface area contributed by atoms with E-state index in [9.17, 15) is 14.4 Å². The van der Waals surface area contributed by atoms with Crippen LogP contribution in [0.3, 0.4) is 0 Å². The van der Waals surface area contributed by atoms with Crippen LogP contribution in [0.4, 0.5) is 4.79 Å². The third-order valence-electron chi connectivity index (χ3n) is 3.80. The zero-order valence-corrected chi connectivity index (χ0v) is 10.1. The van der Waals surface area contributed by atoms with Crippen molar-refractivity contribution in [2.24, 2.45) is 5.92 Å². The van der Waals surface area contributed by atoms with E-state index in [1.165, 1.54) is 4.90 Å². The van der Waals surface area contributed by atoms with Crippen LogP contribution in [-0.2, 0) is 9.59 Å². The first-order chi connectivity index (χ1) is 8.11. The van der Waals surface area contributed by atoms with Gasteiger partial charge in [0.2, 0.25) is 11.8 Å². The molecule has 2 rings (SSSR count). The first-order valence-corrected chi connectivity index (χ1v) is 6.27. The molecule has 1 saturated carbocycles. The molecule has 0 spiro atoms. The molecule has 0 aromatic carbocycles. The monoisotopic (exact) mass is 238 g/mol. The summed E-state index contributed by atoms with van der Waals surface area (Å²) < 4.78 is 0. The molecule has 1 heterocycles. The fourth-order valence-corrected chi connectivity index (χ4v) is 2.74. The van der Waals surface area contributed by atoms with Gasteiger partial charge in [-0.3, -0.25) is 19.8 Å². The Balaban J connectivity index is 2.00. The number of hydrogen-bond donors (Lipinski definition) is 1. The molecule has 2 aliphatic rings. The minimum absolute atomic E-state index is 0.0154. The summed E-state index contributed by atoms with van der Waals surface area (Å²) in [4.78, 5) is 35.6. The maximum Gasteiger partial charge on any atom is 0.331 e. The van der Waals surface area contributed by atoms with E-state index >= 15 is 0 Å². The molecule has 0 bridgehead atoms. The van der Waals surface area contributed by atoms with Crippen LogP contribution in [0.1, 0.15) is 45.4 Å². The van der Waals surface area contributed by atoms with Gasteiger partial charge in [0, 0.05) is 6.04 Å². The molecule has 4 amide bonds. The number of carbonyl (C=O) groups excluding carboxylic acids is 3. The van der Waals surface area contributed by atoms with Gasteiger partial charge in [0.1, 0.15) is 6.42 Å². The quantitative estimate of drug-likeness (QED) is 0.740. The van der Waals surface area contributed by atoms with E-state index in [0.717, 1.165) is 38.0 Å². The standard InChI is InChI=1S/C12H18N2O3/c1-2-8-3-5-9(6-4-8)14-11(16)7-10(15)13-12(14)17/h8-9H,2-7H2,1H3,(H,13,15,17). The third-order valence-corrected chi connectivity index (χ3v) is 3.80. The van der Waals surface area contributed by atoms with Crippen molar-refractivity contribution in [3.05, 3.63) is 0 Å². The first kappa shape index (κ1) is 12.1. The van der Waals surface area contributed by atoms with E-state index in [1.807, 2.05) is 0 Å². The molecule has 0 aromatic heterocycles. The van der Waals surface area contributed by atoms with Crippen molar-refractivity contribution >= 4 is 17.8 Å². The Kier molecular flexibility index (Phi) is 3.45. The minimum atomic E-state index is -0.536. The number of hydrogen-bond acceptors (Lipinski definition) is 3. The lowest BCUT2D eigenvalue weighted by Crippen LogP contribution is -2.57. The molecule has 2 fully saturated rings. The highest BCUT2D eigenvalue weighted by Crippen LogP contribution is 2.30. The van der Waals surface area contributed by atoms with Gasteiger partial charge in [-0.15, -0.1) is 0 Å². The molecule has 94 valence electrons. The Morgan fingerprint density at radius 1 is 1.18 bits per heavy atom. The van der Waals surface area contributed by atoms with Crippen LogP contribution in [0.2, 0.25) is 0 Å². The highest BCUT2D eigenvalue weighted by atomic mass is 16.2. The van der Waals surface area contributed by atoms with Gasteiger partial charge in [0.05, 0.1) is 0 Å². The Morgan fingerprint density at radius 3 is 2.35 bits per heavy atom. The van der Waals surface area contributed by atoms with Crippen LogP contribution in [0.25, 0.3) is 0 Å². The summed E-state index contributed by atoms with van der Waals surface area (Å²) in [7, 11) is 0. The van der Waals surface area contributed by atoms with Gasteiger partial charge in [-0.1, -0.05) is 13.3 Å². The summed E-state index contributed by atoms with van der Waals surface area (Å²) in [6, 6.07) is -0.551. The molecule has 1 N–H and O–H groups in total. The number of urea groups is 1. The van der Waals surface area contributed by atoms with Gasteiger partial charge in [0.15, 0.2) is 0 Å². The van der Waals surface area contributed by atoms with Gasteiger partial charge < -0.3 is 0 Å². The first-order valence-electron chi connectivity index (χ1n) is 6.27. The summed E-state index contributed by atoms with van der Waals surface area (Å²) in [6.45, 7) is 2.17. The molecule has 1 aliphatic carbocycles. The zero-order valence-electron chi connectivity index (χ0n) is 10.1. The number of imide groups is 2. The Hall–Kier alpha value is -1.39. The summed E-state index contributed by atoms with van der Waals surface area (Å²) in [5.41, 5.74) is 0. The van der Waals surface area contributed by atoms with Crippen molar-refractivity contribution in [2.75, 3.05) is 0 Å². The molecule has 0 radical (unpaired) electrons. The number of carbonyl (C=O) groups is 3. The summed E-state index contributed by atoms with van der Waals surface area (Å²) in [6.07, 6.45) is 4.82. The van der Waals surface area contributed by atoms with Crippen LogP contribution in [0, 0.1) is 5.92 Å². The van der Waals surface area contributed by atoms with E-state index < -0.39 is 11.9 Å². The molecule has 1 saturated heterocycles. The topological polar surface area (TPSA) is 66.5 Å². The highest BCUT2D eigenvalue weighted by Gasteiger charge is 2.37. The fourth-order valence-electron chi connectivity index (χ4n) is 2.74. The number of barbiturate groups is 1. The van der Waals surface area contributed by atoms with E-state index in [-0.39, 0.29) is 18.4 Å². The molecule has 5 heteroatoms. The number of amides is 4. The van der Waals surface area contributed by atoms with Crippen LogP contribution in [-0.4, -0.2) is 28.8 Å². The Labute approximate surface area is 101 Å². The average molecular weight is 238 g/mol. The van der Waals surface area contributed by atoms with Crippen LogP contribution in [0.15, 0.2) is 0 Å². The van der Waals surface area contributed by atoms with Crippen molar-refractivity contribution in [2.45, 2.75) is 51.5 Å². The van der Waals surface area contributed by atoms with Gasteiger partial charge >= 0.3 is 6.03 Å². The smallest absolute Gasteiger partial charge is 0.277 e. The molecule has 5 nitrogen and oxygen atoms in total. The van der Waals surface area contributed by atoms with Gasteiger partial charge in [-0.05, 0) is 31.6 Å². The second kappa shape index (κ2) is 4.85. The maximum atomic E-state index is 11.7. The van der Waals surface area contributed by atoms with Crippen molar-refractivity contribution in [3.63, 3.8) is 0 Å². The molecule has 0 aromatic rings.